The number of nitrogens with one attached hydrogen (secondary N) is 2. The van der Waals surface area contributed by atoms with Gasteiger partial charge in [-0.15, -0.1) is 0 Å². The Kier molecular flexibility index (Phi) is 6.57. The van der Waals surface area contributed by atoms with Crippen molar-refractivity contribution in [3.8, 4) is 0 Å². The minimum absolute atomic E-state index is 0.0392. The maximum atomic E-state index is 12.2. The number of carbonyl (C=O) groups excluding carboxylic acids is 2. The van der Waals surface area contributed by atoms with E-state index in [0.717, 1.165) is 12.8 Å². The molecule has 0 unspecified atom stereocenters. The van der Waals surface area contributed by atoms with E-state index in [1.807, 2.05) is 30.3 Å². The van der Waals surface area contributed by atoms with E-state index < -0.39 is 6.10 Å². The van der Waals surface area contributed by atoms with Crippen molar-refractivity contribution < 1.29 is 14.3 Å². The molecule has 0 radical (unpaired) electrons. The SMILES string of the molecule is NC[C@H]1CC[C@@H](C(=O)Nc2ccc(C(=O)NCCc3ccccc3)cc2)O1. The maximum Gasteiger partial charge on any atom is 0.253 e. The van der Waals surface area contributed by atoms with Crippen LogP contribution in [0, 0.1) is 0 Å². The largest absolute Gasteiger partial charge is 0.364 e. The molecular weight excluding hydrogens is 342 g/mol. The van der Waals surface area contributed by atoms with Crippen molar-refractivity contribution in [2.45, 2.75) is 31.5 Å². The molecule has 1 fully saturated rings. The van der Waals surface area contributed by atoms with Gasteiger partial charge in [-0.2, -0.15) is 0 Å². The van der Waals surface area contributed by atoms with Crippen molar-refractivity contribution in [1.82, 2.24) is 5.32 Å². The summed E-state index contributed by atoms with van der Waals surface area (Å²) in [4.78, 5) is 24.4. The quantitative estimate of drug-likeness (QED) is 0.699. The summed E-state index contributed by atoms with van der Waals surface area (Å²) in [5, 5.41) is 5.73. The van der Waals surface area contributed by atoms with Crippen LogP contribution in [-0.4, -0.2) is 37.1 Å². The van der Waals surface area contributed by atoms with E-state index in [2.05, 4.69) is 10.6 Å². The molecule has 4 N–H and O–H groups in total. The number of rotatable bonds is 7. The minimum atomic E-state index is -0.459. The summed E-state index contributed by atoms with van der Waals surface area (Å²) in [5.74, 6) is -0.306. The van der Waals surface area contributed by atoms with Crippen LogP contribution in [0.4, 0.5) is 5.69 Å². The number of carbonyl (C=O) groups is 2. The van der Waals surface area contributed by atoms with Gasteiger partial charge in [0.05, 0.1) is 6.10 Å². The normalized spacial score (nSPS) is 18.9. The average Bonchev–Trinajstić information content (AvgIpc) is 3.19. The predicted octanol–water partition coefficient (Wildman–Crippen LogP) is 2.10. The third kappa shape index (κ3) is 5.39. The Hall–Kier alpha value is -2.70. The van der Waals surface area contributed by atoms with Crippen LogP contribution in [0.2, 0.25) is 0 Å². The lowest BCUT2D eigenvalue weighted by Gasteiger charge is -2.13. The lowest BCUT2D eigenvalue weighted by Crippen LogP contribution is -2.29. The van der Waals surface area contributed by atoms with Gasteiger partial charge >= 0.3 is 0 Å². The molecule has 1 saturated heterocycles. The molecule has 0 saturated carbocycles. The van der Waals surface area contributed by atoms with Gasteiger partial charge in [-0.05, 0) is 49.1 Å². The van der Waals surface area contributed by atoms with Gasteiger partial charge in [0.1, 0.15) is 6.10 Å². The Morgan fingerprint density at radius 3 is 2.44 bits per heavy atom. The Morgan fingerprint density at radius 1 is 1.04 bits per heavy atom. The highest BCUT2D eigenvalue weighted by molar-refractivity contribution is 5.96. The number of ether oxygens (including phenoxy) is 1. The molecular formula is C21H25N3O3. The zero-order valence-corrected chi connectivity index (χ0v) is 15.2. The molecule has 1 aliphatic rings. The Morgan fingerprint density at radius 2 is 1.78 bits per heavy atom. The highest BCUT2D eigenvalue weighted by Gasteiger charge is 2.29. The van der Waals surface area contributed by atoms with Gasteiger partial charge in [0, 0.05) is 24.3 Å². The minimum Gasteiger partial charge on any atom is -0.364 e. The molecule has 2 amide bonds. The van der Waals surface area contributed by atoms with E-state index in [-0.39, 0.29) is 17.9 Å². The Labute approximate surface area is 159 Å². The van der Waals surface area contributed by atoms with E-state index in [1.165, 1.54) is 5.56 Å². The maximum absolute atomic E-state index is 12.2. The molecule has 3 rings (SSSR count). The second-order valence-electron chi connectivity index (χ2n) is 6.62. The fraction of sp³-hybridized carbons (Fsp3) is 0.333. The third-order valence-corrected chi connectivity index (χ3v) is 4.62. The molecule has 27 heavy (non-hydrogen) atoms. The van der Waals surface area contributed by atoms with Gasteiger partial charge in [-0.1, -0.05) is 30.3 Å². The van der Waals surface area contributed by atoms with Gasteiger partial charge < -0.3 is 21.1 Å². The third-order valence-electron chi connectivity index (χ3n) is 4.62. The van der Waals surface area contributed by atoms with Gasteiger partial charge in [0.15, 0.2) is 0 Å². The molecule has 2 aromatic rings. The summed E-state index contributed by atoms with van der Waals surface area (Å²) in [6.45, 7) is 1.00. The first-order valence-corrected chi connectivity index (χ1v) is 9.24. The first-order valence-electron chi connectivity index (χ1n) is 9.24. The van der Waals surface area contributed by atoms with Crippen LogP contribution in [0.3, 0.4) is 0 Å². The van der Waals surface area contributed by atoms with Crippen LogP contribution < -0.4 is 16.4 Å². The van der Waals surface area contributed by atoms with Gasteiger partial charge in [-0.3, -0.25) is 9.59 Å². The zero-order valence-electron chi connectivity index (χ0n) is 15.2. The molecule has 0 aliphatic carbocycles. The van der Waals surface area contributed by atoms with Gasteiger partial charge in [0.2, 0.25) is 0 Å². The van der Waals surface area contributed by atoms with Gasteiger partial charge in [0.25, 0.3) is 11.8 Å². The fourth-order valence-corrected chi connectivity index (χ4v) is 3.07. The lowest BCUT2D eigenvalue weighted by atomic mass is 10.1. The summed E-state index contributed by atoms with van der Waals surface area (Å²) < 4.78 is 5.59. The van der Waals surface area contributed by atoms with Crippen molar-refractivity contribution in [3.05, 3.63) is 65.7 Å². The summed E-state index contributed by atoms with van der Waals surface area (Å²) in [5.41, 5.74) is 7.95. The predicted molar refractivity (Wildman–Crippen MR) is 105 cm³/mol. The van der Waals surface area contributed by atoms with Crippen LogP contribution in [-0.2, 0) is 16.0 Å². The summed E-state index contributed by atoms with van der Waals surface area (Å²) in [7, 11) is 0. The van der Waals surface area contributed by atoms with Crippen molar-refractivity contribution in [3.63, 3.8) is 0 Å². The average molecular weight is 367 g/mol. The van der Waals surface area contributed by atoms with Crippen molar-refractivity contribution in [2.75, 3.05) is 18.4 Å². The topological polar surface area (TPSA) is 93.5 Å². The Bertz CT molecular complexity index is 762. The number of anilines is 1. The first-order chi connectivity index (χ1) is 13.2. The highest BCUT2D eigenvalue weighted by atomic mass is 16.5. The fourth-order valence-electron chi connectivity index (χ4n) is 3.07. The van der Waals surface area contributed by atoms with Crippen LogP contribution in [0.15, 0.2) is 54.6 Å². The van der Waals surface area contributed by atoms with Gasteiger partial charge in [-0.25, -0.2) is 0 Å². The number of benzene rings is 2. The molecule has 6 heteroatoms. The van der Waals surface area contributed by atoms with E-state index in [1.54, 1.807) is 24.3 Å². The smallest absolute Gasteiger partial charge is 0.253 e. The molecule has 0 aromatic heterocycles. The van der Waals surface area contributed by atoms with Crippen LogP contribution in [0.1, 0.15) is 28.8 Å². The molecule has 1 aliphatic heterocycles. The van der Waals surface area contributed by atoms with E-state index in [9.17, 15) is 9.59 Å². The van der Waals surface area contributed by atoms with Crippen LogP contribution in [0.5, 0.6) is 0 Å². The first kappa shape index (κ1) is 19.1. The van der Waals surface area contributed by atoms with Crippen LogP contribution >= 0.6 is 0 Å². The summed E-state index contributed by atoms with van der Waals surface area (Å²) >= 11 is 0. The van der Waals surface area contributed by atoms with Crippen molar-refractivity contribution >= 4 is 17.5 Å². The summed E-state index contributed by atoms with van der Waals surface area (Å²) in [6.07, 6.45) is 1.76. The second-order valence-corrected chi connectivity index (χ2v) is 6.62. The van der Waals surface area contributed by atoms with E-state index >= 15 is 0 Å². The van der Waals surface area contributed by atoms with E-state index in [0.29, 0.717) is 30.8 Å². The molecule has 2 atom stereocenters. The second kappa shape index (κ2) is 9.30. The standard InChI is InChI=1S/C21H25N3O3/c22-14-18-10-11-19(27-18)21(26)24-17-8-6-16(7-9-17)20(25)23-13-12-15-4-2-1-3-5-15/h1-9,18-19H,10-14,22H2,(H,23,25)(H,24,26)/t18-,19+/m1/s1. The lowest BCUT2D eigenvalue weighted by molar-refractivity contribution is -0.126. The monoisotopic (exact) mass is 367 g/mol. The molecule has 2 aromatic carbocycles. The number of nitrogens with two attached hydrogens (primary N) is 1. The number of amides is 2. The van der Waals surface area contributed by atoms with Crippen molar-refractivity contribution in [1.29, 1.82) is 0 Å². The number of hydrogen-bond acceptors (Lipinski definition) is 4. The molecule has 1 heterocycles. The molecule has 6 nitrogen and oxygen atoms in total. The molecule has 0 bridgehead atoms. The van der Waals surface area contributed by atoms with Crippen LogP contribution in [0.25, 0.3) is 0 Å². The highest BCUT2D eigenvalue weighted by Crippen LogP contribution is 2.20. The summed E-state index contributed by atoms with van der Waals surface area (Å²) in [6, 6.07) is 16.8. The number of hydrogen-bond donors (Lipinski definition) is 3. The molecule has 142 valence electrons. The zero-order chi connectivity index (χ0) is 19.1. The van der Waals surface area contributed by atoms with E-state index in [4.69, 9.17) is 10.5 Å². The molecule has 0 spiro atoms. The van der Waals surface area contributed by atoms with Crippen molar-refractivity contribution in [2.24, 2.45) is 5.73 Å². The Balaban J connectivity index is 1.46.